The second-order valence-electron chi connectivity index (χ2n) is 9.88. The highest BCUT2D eigenvalue weighted by atomic mass is 16.5. The zero-order valence-electron chi connectivity index (χ0n) is 19.5. The van der Waals surface area contributed by atoms with Gasteiger partial charge in [-0.25, -0.2) is 0 Å². The van der Waals surface area contributed by atoms with Crippen molar-refractivity contribution in [3.8, 4) is 6.01 Å². The quantitative estimate of drug-likeness (QED) is 0.689. The second kappa shape index (κ2) is 10.1. The SMILES string of the molecule is Nc1nc(OCC2CCCCC2)nc2c1CC(=O)CN2Cc1cccc(CN2CCCC2)c1. The molecule has 0 atom stereocenters. The van der Waals surface area contributed by atoms with Crippen molar-refractivity contribution in [2.24, 2.45) is 5.92 Å². The molecule has 2 N–H and O–H groups in total. The van der Waals surface area contributed by atoms with Crippen LogP contribution in [0.25, 0.3) is 0 Å². The number of nitrogens with zero attached hydrogens (tertiary/aromatic N) is 4. The van der Waals surface area contributed by atoms with E-state index in [1.54, 1.807) is 0 Å². The first-order valence-corrected chi connectivity index (χ1v) is 12.5. The van der Waals surface area contributed by atoms with Gasteiger partial charge in [-0.3, -0.25) is 9.69 Å². The Hall–Kier alpha value is -2.67. The van der Waals surface area contributed by atoms with Crippen LogP contribution in [0.4, 0.5) is 11.6 Å². The van der Waals surface area contributed by atoms with Crippen LogP contribution in [0.5, 0.6) is 6.01 Å². The number of ketones is 1. The van der Waals surface area contributed by atoms with Gasteiger partial charge in [0, 0.05) is 25.1 Å². The topological polar surface area (TPSA) is 84.6 Å². The molecule has 5 rings (SSSR count). The lowest BCUT2D eigenvalue weighted by Crippen LogP contribution is -2.37. The molecule has 1 saturated carbocycles. The maximum absolute atomic E-state index is 12.5. The monoisotopic (exact) mass is 449 g/mol. The van der Waals surface area contributed by atoms with Crippen molar-refractivity contribution in [2.75, 3.05) is 36.9 Å². The summed E-state index contributed by atoms with van der Waals surface area (Å²) in [6.45, 7) is 4.93. The predicted molar refractivity (Wildman–Crippen MR) is 129 cm³/mol. The lowest BCUT2D eigenvalue weighted by molar-refractivity contribution is -0.117. The number of anilines is 2. The molecule has 1 aromatic heterocycles. The number of aromatic nitrogens is 2. The van der Waals surface area contributed by atoms with Gasteiger partial charge in [-0.1, -0.05) is 43.5 Å². The molecule has 2 aliphatic heterocycles. The maximum Gasteiger partial charge on any atom is 0.320 e. The fourth-order valence-electron chi connectivity index (χ4n) is 5.43. The number of likely N-dealkylation sites (tertiary alicyclic amines) is 1. The van der Waals surface area contributed by atoms with E-state index in [-0.39, 0.29) is 12.2 Å². The molecular formula is C26H35N5O2. The van der Waals surface area contributed by atoms with E-state index in [4.69, 9.17) is 15.5 Å². The molecule has 2 fully saturated rings. The van der Waals surface area contributed by atoms with Gasteiger partial charge in [-0.2, -0.15) is 9.97 Å². The molecule has 1 aliphatic carbocycles. The highest BCUT2D eigenvalue weighted by Gasteiger charge is 2.28. The Labute approximate surface area is 196 Å². The third-order valence-electron chi connectivity index (χ3n) is 7.18. The lowest BCUT2D eigenvalue weighted by Gasteiger charge is -2.30. The largest absolute Gasteiger partial charge is 0.463 e. The molecular weight excluding hydrogens is 414 g/mol. The minimum absolute atomic E-state index is 0.141. The molecule has 0 radical (unpaired) electrons. The van der Waals surface area contributed by atoms with Crippen LogP contribution in [0.1, 0.15) is 61.6 Å². The molecule has 2 aromatic rings. The fourth-order valence-corrected chi connectivity index (χ4v) is 5.43. The highest BCUT2D eigenvalue weighted by molar-refractivity contribution is 5.91. The number of benzene rings is 1. The summed E-state index contributed by atoms with van der Waals surface area (Å²) in [4.78, 5) is 26.1. The molecule has 0 amide bonds. The van der Waals surface area contributed by atoms with E-state index in [1.807, 2.05) is 4.90 Å². The van der Waals surface area contributed by atoms with Gasteiger partial charge in [0.05, 0.1) is 13.2 Å². The molecule has 0 unspecified atom stereocenters. The van der Waals surface area contributed by atoms with Gasteiger partial charge in [0.25, 0.3) is 0 Å². The highest BCUT2D eigenvalue weighted by Crippen LogP contribution is 2.31. The normalized spacial score (nSPS) is 19.6. The van der Waals surface area contributed by atoms with Crippen LogP contribution in [0, 0.1) is 5.92 Å². The zero-order chi connectivity index (χ0) is 22.6. The fraction of sp³-hybridized carbons (Fsp3) is 0.577. The summed E-state index contributed by atoms with van der Waals surface area (Å²) in [6.07, 6.45) is 9.14. The molecule has 176 valence electrons. The average molecular weight is 450 g/mol. The average Bonchev–Trinajstić information content (AvgIpc) is 3.32. The van der Waals surface area contributed by atoms with E-state index in [9.17, 15) is 4.79 Å². The Morgan fingerprint density at radius 3 is 2.55 bits per heavy atom. The van der Waals surface area contributed by atoms with E-state index < -0.39 is 0 Å². The van der Waals surface area contributed by atoms with E-state index >= 15 is 0 Å². The summed E-state index contributed by atoms with van der Waals surface area (Å²) < 4.78 is 5.99. The third kappa shape index (κ3) is 5.46. The van der Waals surface area contributed by atoms with E-state index in [1.165, 1.54) is 69.2 Å². The number of carbonyl (C=O) groups is 1. The van der Waals surface area contributed by atoms with Crippen molar-refractivity contribution < 1.29 is 9.53 Å². The summed E-state index contributed by atoms with van der Waals surface area (Å²) in [7, 11) is 0. The van der Waals surface area contributed by atoms with E-state index in [0.717, 1.165) is 17.9 Å². The van der Waals surface area contributed by atoms with Crippen molar-refractivity contribution in [1.29, 1.82) is 0 Å². The molecule has 33 heavy (non-hydrogen) atoms. The number of rotatable bonds is 7. The first-order valence-electron chi connectivity index (χ1n) is 12.5. The van der Waals surface area contributed by atoms with Gasteiger partial charge >= 0.3 is 6.01 Å². The second-order valence-corrected chi connectivity index (χ2v) is 9.88. The van der Waals surface area contributed by atoms with E-state index in [2.05, 4.69) is 34.1 Å². The molecule has 0 bridgehead atoms. The van der Waals surface area contributed by atoms with Gasteiger partial charge < -0.3 is 15.4 Å². The van der Waals surface area contributed by atoms with Gasteiger partial charge in [0.2, 0.25) is 0 Å². The van der Waals surface area contributed by atoms with Crippen LogP contribution in [-0.2, 0) is 24.3 Å². The number of hydrogen-bond acceptors (Lipinski definition) is 7. The van der Waals surface area contributed by atoms with Crippen LogP contribution in [0.15, 0.2) is 24.3 Å². The Balaban J connectivity index is 1.32. The van der Waals surface area contributed by atoms with Crippen molar-refractivity contribution in [2.45, 2.75) is 64.5 Å². The number of nitrogen functional groups attached to an aromatic ring is 1. The minimum atomic E-state index is 0.141. The maximum atomic E-state index is 12.5. The first-order chi connectivity index (χ1) is 16.1. The van der Waals surface area contributed by atoms with Crippen LogP contribution in [0.3, 0.4) is 0 Å². The van der Waals surface area contributed by atoms with Gasteiger partial charge in [-0.15, -0.1) is 0 Å². The number of nitrogens with two attached hydrogens (primary N) is 1. The Kier molecular flexibility index (Phi) is 6.76. The van der Waals surface area contributed by atoms with Crippen molar-refractivity contribution in [3.05, 3.63) is 41.0 Å². The van der Waals surface area contributed by atoms with Crippen molar-refractivity contribution in [1.82, 2.24) is 14.9 Å². The Bertz CT molecular complexity index is 983. The van der Waals surface area contributed by atoms with Gasteiger partial charge in [-0.05, 0) is 55.8 Å². The summed E-state index contributed by atoms with van der Waals surface area (Å²) in [6, 6.07) is 9.01. The number of ether oxygens (including phenoxy) is 1. The summed E-state index contributed by atoms with van der Waals surface area (Å²) in [5, 5.41) is 0. The number of fused-ring (bicyclic) bond motifs is 1. The number of Topliss-reactive ketones (excluding diaryl/α,β-unsaturated/α-hetero) is 1. The van der Waals surface area contributed by atoms with E-state index in [0.29, 0.717) is 37.4 Å². The first kappa shape index (κ1) is 22.1. The summed E-state index contributed by atoms with van der Waals surface area (Å²) in [5.41, 5.74) is 9.49. The van der Waals surface area contributed by atoms with Crippen LogP contribution in [-0.4, -0.2) is 46.9 Å². The van der Waals surface area contributed by atoms with Gasteiger partial charge in [0.1, 0.15) is 11.6 Å². The molecule has 1 saturated heterocycles. The van der Waals surface area contributed by atoms with Crippen LogP contribution in [0.2, 0.25) is 0 Å². The van der Waals surface area contributed by atoms with Crippen molar-refractivity contribution >= 4 is 17.4 Å². The standard InChI is InChI=1S/C26H35N5O2/c27-24-23-14-22(32)17-31(16-21-10-6-9-20(13-21)15-30-11-4-5-12-30)25(23)29-26(28-24)33-18-19-7-2-1-3-8-19/h6,9-10,13,19H,1-5,7-8,11-12,14-18H2,(H2,27,28,29). The minimum Gasteiger partial charge on any atom is -0.463 e. The number of hydrogen-bond donors (Lipinski definition) is 1. The van der Waals surface area contributed by atoms with Crippen molar-refractivity contribution in [3.63, 3.8) is 0 Å². The lowest BCUT2D eigenvalue weighted by atomic mass is 9.90. The molecule has 7 nitrogen and oxygen atoms in total. The molecule has 7 heteroatoms. The molecule has 3 aliphatic rings. The van der Waals surface area contributed by atoms with Crippen LogP contribution < -0.4 is 15.4 Å². The third-order valence-corrected chi connectivity index (χ3v) is 7.18. The Morgan fingerprint density at radius 1 is 1.00 bits per heavy atom. The van der Waals surface area contributed by atoms with Gasteiger partial charge in [0.15, 0.2) is 5.78 Å². The molecule has 1 aromatic carbocycles. The molecule has 3 heterocycles. The smallest absolute Gasteiger partial charge is 0.320 e. The Morgan fingerprint density at radius 2 is 1.76 bits per heavy atom. The predicted octanol–water partition coefficient (Wildman–Crippen LogP) is 3.75. The number of carbonyl (C=O) groups excluding carboxylic acids is 1. The summed E-state index contributed by atoms with van der Waals surface area (Å²) >= 11 is 0. The van der Waals surface area contributed by atoms with Crippen LogP contribution >= 0.6 is 0 Å². The molecule has 0 spiro atoms. The zero-order valence-corrected chi connectivity index (χ0v) is 19.5. The summed E-state index contributed by atoms with van der Waals surface area (Å²) in [5.74, 6) is 1.81.